The molecule has 5 nitrogen and oxygen atoms in total. The normalized spacial score (nSPS) is 22.7. The Labute approximate surface area is 115 Å². The Morgan fingerprint density at radius 2 is 1.89 bits per heavy atom. The van der Waals surface area contributed by atoms with Gasteiger partial charge in [0.25, 0.3) is 0 Å². The fourth-order valence-electron chi connectivity index (χ4n) is 2.67. The molecule has 0 radical (unpaired) electrons. The molecule has 1 rings (SSSR count). The number of likely N-dealkylation sites (N-methyl/N-ethyl adjacent to an activating group) is 1. The zero-order valence-electron chi connectivity index (χ0n) is 12.0. The van der Waals surface area contributed by atoms with Gasteiger partial charge in [-0.25, -0.2) is 0 Å². The highest BCUT2D eigenvalue weighted by atomic mass is 16.4. The SMILES string of the molecule is CCCN(CC)CCNC(=O)[C@@H]1CC[C@H](C(=O)O)C1. The van der Waals surface area contributed by atoms with E-state index in [1.54, 1.807) is 0 Å². The first kappa shape index (κ1) is 16.0. The minimum atomic E-state index is -0.768. The molecule has 0 aromatic carbocycles. The van der Waals surface area contributed by atoms with Gasteiger partial charge in [-0.2, -0.15) is 0 Å². The number of aliphatic carboxylic acids is 1. The summed E-state index contributed by atoms with van der Waals surface area (Å²) in [5.74, 6) is -1.18. The molecule has 1 aliphatic rings. The van der Waals surface area contributed by atoms with Gasteiger partial charge in [-0.15, -0.1) is 0 Å². The van der Waals surface area contributed by atoms with Crippen LogP contribution in [0.2, 0.25) is 0 Å². The van der Waals surface area contributed by atoms with Crippen molar-refractivity contribution < 1.29 is 14.7 Å². The molecule has 0 saturated heterocycles. The molecule has 110 valence electrons. The van der Waals surface area contributed by atoms with Gasteiger partial charge in [-0.3, -0.25) is 9.59 Å². The number of amides is 1. The first-order valence-electron chi connectivity index (χ1n) is 7.31. The van der Waals surface area contributed by atoms with Crippen LogP contribution in [-0.2, 0) is 9.59 Å². The summed E-state index contributed by atoms with van der Waals surface area (Å²) in [5.41, 5.74) is 0. The van der Waals surface area contributed by atoms with Crippen LogP contribution in [0.1, 0.15) is 39.5 Å². The summed E-state index contributed by atoms with van der Waals surface area (Å²) in [5, 5.41) is 11.8. The minimum absolute atomic E-state index is 0.0244. The monoisotopic (exact) mass is 270 g/mol. The number of hydrogen-bond donors (Lipinski definition) is 2. The molecule has 5 heteroatoms. The third kappa shape index (κ3) is 5.19. The summed E-state index contributed by atoms with van der Waals surface area (Å²) in [6, 6.07) is 0. The van der Waals surface area contributed by atoms with Gasteiger partial charge < -0.3 is 15.3 Å². The number of rotatable bonds is 8. The van der Waals surface area contributed by atoms with Crippen LogP contribution < -0.4 is 5.32 Å². The van der Waals surface area contributed by atoms with E-state index >= 15 is 0 Å². The fraction of sp³-hybridized carbons (Fsp3) is 0.857. The van der Waals surface area contributed by atoms with Crippen molar-refractivity contribution in [1.29, 1.82) is 0 Å². The van der Waals surface area contributed by atoms with E-state index in [1.165, 1.54) is 0 Å². The van der Waals surface area contributed by atoms with Crippen LogP contribution in [-0.4, -0.2) is 48.1 Å². The van der Waals surface area contributed by atoms with Crippen molar-refractivity contribution >= 4 is 11.9 Å². The van der Waals surface area contributed by atoms with Crippen LogP contribution in [0.15, 0.2) is 0 Å². The first-order valence-corrected chi connectivity index (χ1v) is 7.31. The highest BCUT2D eigenvalue weighted by Gasteiger charge is 2.33. The van der Waals surface area contributed by atoms with Crippen molar-refractivity contribution in [2.75, 3.05) is 26.2 Å². The fourth-order valence-corrected chi connectivity index (χ4v) is 2.67. The van der Waals surface area contributed by atoms with E-state index in [9.17, 15) is 9.59 Å². The molecule has 1 amide bonds. The molecule has 0 aromatic heterocycles. The largest absolute Gasteiger partial charge is 0.481 e. The number of carbonyl (C=O) groups is 2. The van der Waals surface area contributed by atoms with E-state index in [0.717, 1.165) is 26.1 Å². The standard InChI is InChI=1S/C14H26N2O3/c1-3-8-16(4-2)9-7-15-13(17)11-5-6-12(10-11)14(18)19/h11-12H,3-10H2,1-2H3,(H,15,17)(H,18,19)/t11-,12+/m1/s1. The topological polar surface area (TPSA) is 69.6 Å². The predicted octanol–water partition coefficient (Wildman–Crippen LogP) is 1.34. The molecule has 0 aliphatic heterocycles. The molecule has 1 fully saturated rings. The highest BCUT2D eigenvalue weighted by molar-refractivity contribution is 5.80. The number of hydrogen-bond acceptors (Lipinski definition) is 3. The average molecular weight is 270 g/mol. The van der Waals surface area contributed by atoms with Crippen molar-refractivity contribution in [3.8, 4) is 0 Å². The Kier molecular flexibility index (Phi) is 6.84. The summed E-state index contributed by atoms with van der Waals surface area (Å²) in [4.78, 5) is 25.1. The number of nitrogens with one attached hydrogen (secondary N) is 1. The molecule has 0 aromatic rings. The summed E-state index contributed by atoms with van der Waals surface area (Å²) in [6.45, 7) is 7.83. The Morgan fingerprint density at radius 1 is 1.21 bits per heavy atom. The molecule has 0 spiro atoms. The second-order valence-electron chi connectivity index (χ2n) is 5.27. The Balaban J connectivity index is 2.23. The zero-order chi connectivity index (χ0) is 14.3. The van der Waals surface area contributed by atoms with Crippen LogP contribution >= 0.6 is 0 Å². The number of carboxylic acid groups (broad SMARTS) is 1. The molecule has 19 heavy (non-hydrogen) atoms. The minimum Gasteiger partial charge on any atom is -0.481 e. The quantitative estimate of drug-likeness (QED) is 0.698. The smallest absolute Gasteiger partial charge is 0.306 e. The molecule has 1 aliphatic carbocycles. The van der Waals surface area contributed by atoms with Crippen LogP contribution in [0.3, 0.4) is 0 Å². The third-order valence-electron chi connectivity index (χ3n) is 3.87. The van der Waals surface area contributed by atoms with Gasteiger partial charge in [0.15, 0.2) is 0 Å². The second kappa shape index (κ2) is 8.15. The molecule has 0 unspecified atom stereocenters. The number of carboxylic acids is 1. The lowest BCUT2D eigenvalue weighted by Gasteiger charge is -2.20. The Hall–Kier alpha value is -1.10. The van der Waals surface area contributed by atoms with Crippen LogP contribution in [0.4, 0.5) is 0 Å². The molecule has 2 N–H and O–H groups in total. The van der Waals surface area contributed by atoms with Crippen LogP contribution in [0.5, 0.6) is 0 Å². The molecular formula is C14H26N2O3. The molecule has 0 heterocycles. The van der Waals surface area contributed by atoms with E-state index in [2.05, 4.69) is 24.1 Å². The molecule has 2 atom stereocenters. The summed E-state index contributed by atoms with van der Waals surface area (Å²) >= 11 is 0. The molecule has 0 bridgehead atoms. The van der Waals surface area contributed by atoms with Gasteiger partial charge in [0.05, 0.1) is 5.92 Å². The van der Waals surface area contributed by atoms with Crippen molar-refractivity contribution in [3.05, 3.63) is 0 Å². The summed E-state index contributed by atoms with van der Waals surface area (Å²) in [6.07, 6.45) is 2.94. The first-order chi connectivity index (χ1) is 9.08. The summed E-state index contributed by atoms with van der Waals surface area (Å²) in [7, 11) is 0. The van der Waals surface area contributed by atoms with Gasteiger partial charge in [-0.05, 0) is 38.8 Å². The van der Waals surface area contributed by atoms with E-state index in [0.29, 0.717) is 25.8 Å². The van der Waals surface area contributed by atoms with Crippen molar-refractivity contribution in [1.82, 2.24) is 10.2 Å². The second-order valence-corrected chi connectivity index (χ2v) is 5.27. The van der Waals surface area contributed by atoms with Crippen molar-refractivity contribution in [2.45, 2.75) is 39.5 Å². The number of carbonyl (C=O) groups excluding carboxylic acids is 1. The predicted molar refractivity (Wildman–Crippen MR) is 73.9 cm³/mol. The number of nitrogens with zero attached hydrogens (tertiary/aromatic N) is 1. The van der Waals surface area contributed by atoms with Crippen molar-refractivity contribution in [2.24, 2.45) is 11.8 Å². The maximum Gasteiger partial charge on any atom is 0.306 e. The Morgan fingerprint density at radius 3 is 2.42 bits per heavy atom. The molecule has 1 saturated carbocycles. The third-order valence-corrected chi connectivity index (χ3v) is 3.87. The van der Waals surface area contributed by atoms with Crippen LogP contribution in [0.25, 0.3) is 0 Å². The lowest BCUT2D eigenvalue weighted by molar-refractivity contribution is -0.141. The maximum atomic E-state index is 11.9. The van der Waals surface area contributed by atoms with E-state index in [-0.39, 0.29) is 17.7 Å². The summed E-state index contributed by atoms with van der Waals surface area (Å²) < 4.78 is 0. The average Bonchev–Trinajstić information content (AvgIpc) is 2.87. The van der Waals surface area contributed by atoms with Gasteiger partial charge >= 0.3 is 5.97 Å². The highest BCUT2D eigenvalue weighted by Crippen LogP contribution is 2.30. The lowest BCUT2D eigenvalue weighted by atomic mass is 10.0. The van der Waals surface area contributed by atoms with Gasteiger partial charge in [0.1, 0.15) is 0 Å². The maximum absolute atomic E-state index is 11.9. The zero-order valence-corrected chi connectivity index (χ0v) is 12.0. The lowest BCUT2D eigenvalue weighted by Crippen LogP contribution is -2.37. The van der Waals surface area contributed by atoms with Gasteiger partial charge in [0.2, 0.25) is 5.91 Å². The Bertz CT molecular complexity index is 307. The molecular weight excluding hydrogens is 244 g/mol. The van der Waals surface area contributed by atoms with Crippen molar-refractivity contribution in [3.63, 3.8) is 0 Å². The van der Waals surface area contributed by atoms with Gasteiger partial charge in [-0.1, -0.05) is 13.8 Å². The van der Waals surface area contributed by atoms with Crippen LogP contribution in [0, 0.1) is 11.8 Å². The van der Waals surface area contributed by atoms with E-state index < -0.39 is 5.97 Å². The van der Waals surface area contributed by atoms with E-state index in [4.69, 9.17) is 5.11 Å². The van der Waals surface area contributed by atoms with E-state index in [1.807, 2.05) is 0 Å². The van der Waals surface area contributed by atoms with Gasteiger partial charge in [0, 0.05) is 19.0 Å².